The van der Waals surface area contributed by atoms with Gasteiger partial charge in [-0.05, 0) is 123 Å². The number of para-hydroxylation sites is 3. The average Bonchev–Trinajstić information content (AvgIpc) is 4.02. The van der Waals surface area contributed by atoms with Crippen LogP contribution in [0, 0.1) is 0 Å². The third kappa shape index (κ3) is 5.44. The molecule has 0 radical (unpaired) electrons. The molecule has 1 aromatic heterocycles. The zero-order valence-electron chi connectivity index (χ0n) is 39.5. The number of anilines is 6. The molecule has 13 rings (SSSR count). The molecule has 0 amide bonds. The van der Waals surface area contributed by atoms with Crippen LogP contribution in [0.2, 0.25) is 0 Å². The van der Waals surface area contributed by atoms with Gasteiger partial charge in [-0.25, -0.2) is 0 Å². The first-order valence-electron chi connectivity index (χ1n) is 24.1. The first-order valence-corrected chi connectivity index (χ1v) is 22.4. The summed E-state index contributed by atoms with van der Waals surface area (Å²) in [6.07, 6.45) is 0. The molecule has 2 aliphatic carbocycles. The molecule has 1 unspecified atom stereocenters. The molecular weight excluding hydrogens is 793 g/mol. The second-order valence-electron chi connectivity index (χ2n) is 16.4. The zero-order valence-corrected chi connectivity index (χ0v) is 35.3. The van der Waals surface area contributed by atoms with Crippen LogP contribution in [0.3, 0.4) is 0 Å². The fourth-order valence-electron chi connectivity index (χ4n) is 10.5. The lowest BCUT2D eigenvalue weighted by molar-refractivity contribution is 0.793. The minimum absolute atomic E-state index is 0.155. The fraction of sp³-hybridized carbons (Fsp3) is 0.0164. The Hall–Kier alpha value is -7.98. The molecule has 1 spiro atoms. The van der Waals surface area contributed by atoms with Gasteiger partial charge in [-0.15, -0.1) is 11.3 Å². The summed E-state index contributed by atoms with van der Waals surface area (Å²) in [5.74, 6) is 0. The summed E-state index contributed by atoms with van der Waals surface area (Å²) in [5.41, 5.74) is 15.0. The highest BCUT2D eigenvalue weighted by Gasteiger charge is 2.52. The van der Waals surface area contributed by atoms with Gasteiger partial charge in [0.15, 0.2) is 0 Å². The second kappa shape index (κ2) is 14.6. The third-order valence-corrected chi connectivity index (χ3v) is 14.3. The predicted molar refractivity (Wildman–Crippen MR) is 270 cm³/mol. The van der Waals surface area contributed by atoms with Crippen LogP contribution >= 0.6 is 11.3 Å². The van der Waals surface area contributed by atoms with Crippen molar-refractivity contribution in [2.24, 2.45) is 0 Å². The van der Waals surface area contributed by atoms with Crippen molar-refractivity contribution < 1.29 is 6.85 Å². The molecule has 0 N–H and O–H groups in total. The quantitative estimate of drug-likeness (QED) is 0.158. The van der Waals surface area contributed by atoms with Crippen molar-refractivity contribution in [2.45, 2.75) is 5.41 Å². The Labute approximate surface area is 384 Å². The molecule has 1 atom stereocenters. The van der Waals surface area contributed by atoms with Gasteiger partial charge >= 0.3 is 0 Å². The Morgan fingerprint density at radius 3 is 1.48 bits per heavy atom. The van der Waals surface area contributed by atoms with Crippen molar-refractivity contribution in [1.29, 1.82) is 0 Å². The van der Waals surface area contributed by atoms with Crippen molar-refractivity contribution in [3.05, 3.63) is 265 Å². The van der Waals surface area contributed by atoms with Gasteiger partial charge in [0.25, 0.3) is 0 Å². The van der Waals surface area contributed by atoms with Crippen LogP contribution in [0.15, 0.2) is 243 Å². The topological polar surface area (TPSA) is 6.48 Å². The van der Waals surface area contributed by atoms with Gasteiger partial charge < -0.3 is 9.80 Å². The van der Waals surface area contributed by atoms with Crippen LogP contribution < -0.4 is 9.80 Å². The summed E-state index contributed by atoms with van der Waals surface area (Å²) in [6, 6.07) is 73.5. The SMILES string of the molecule is [2H]c1c([2H])c([2H])c(-c2ccccc2N(c2ccc3c(c2)C2(c4ccccc4-c4ccc(N(c5ccccc5)c5ccccc5)cc42)c2ccccc2-3)c2ccc3c(c2)sc2ccccc23)c([2H])c1[2H]. The van der Waals surface area contributed by atoms with E-state index < -0.39 is 11.5 Å². The molecule has 0 saturated carbocycles. The van der Waals surface area contributed by atoms with Crippen molar-refractivity contribution in [3.8, 4) is 33.4 Å². The predicted octanol–water partition coefficient (Wildman–Crippen LogP) is 17.0. The van der Waals surface area contributed by atoms with E-state index in [0.717, 1.165) is 49.6 Å². The summed E-state index contributed by atoms with van der Waals surface area (Å²) >= 11 is 1.75. The molecule has 64 heavy (non-hydrogen) atoms. The lowest BCUT2D eigenvalue weighted by Gasteiger charge is -2.33. The molecule has 3 heteroatoms. The van der Waals surface area contributed by atoms with Crippen LogP contribution in [-0.4, -0.2) is 0 Å². The Balaban J connectivity index is 1.09. The van der Waals surface area contributed by atoms with Crippen LogP contribution in [0.5, 0.6) is 0 Å². The highest BCUT2D eigenvalue weighted by molar-refractivity contribution is 7.25. The minimum Gasteiger partial charge on any atom is -0.310 e. The number of hydrogen-bond acceptors (Lipinski definition) is 3. The van der Waals surface area contributed by atoms with Gasteiger partial charge in [0.05, 0.1) is 18.0 Å². The maximum atomic E-state index is 9.18. The van der Waals surface area contributed by atoms with Crippen LogP contribution in [0.1, 0.15) is 29.1 Å². The number of fused-ring (bicyclic) bond motifs is 13. The smallest absolute Gasteiger partial charge is 0.0727 e. The summed E-state index contributed by atoms with van der Waals surface area (Å²) in [5, 5.41) is 2.36. The molecule has 0 saturated heterocycles. The van der Waals surface area contributed by atoms with Crippen molar-refractivity contribution >= 4 is 65.6 Å². The van der Waals surface area contributed by atoms with Crippen LogP contribution in [0.25, 0.3) is 53.6 Å². The van der Waals surface area contributed by atoms with E-state index in [9.17, 15) is 2.74 Å². The van der Waals surface area contributed by atoms with Gasteiger partial charge in [0, 0.05) is 54.2 Å². The minimum atomic E-state index is -0.712. The Morgan fingerprint density at radius 1 is 0.344 bits per heavy atom. The fourth-order valence-corrected chi connectivity index (χ4v) is 11.7. The molecule has 0 fully saturated rings. The molecular formula is C61H40N2S. The summed E-state index contributed by atoms with van der Waals surface area (Å²) in [7, 11) is 0. The van der Waals surface area contributed by atoms with Crippen molar-refractivity contribution in [3.63, 3.8) is 0 Å². The Bertz CT molecular complexity index is 3810. The number of hydrogen-bond donors (Lipinski definition) is 0. The van der Waals surface area contributed by atoms with Gasteiger partial charge in [-0.3, -0.25) is 0 Å². The van der Waals surface area contributed by atoms with Gasteiger partial charge in [-0.2, -0.15) is 0 Å². The monoisotopic (exact) mass is 837 g/mol. The van der Waals surface area contributed by atoms with E-state index >= 15 is 0 Å². The molecule has 2 nitrogen and oxygen atoms in total. The largest absolute Gasteiger partial charge is 0.310 e. The molecule has 1 heterocycles. The standard InChI is InChI=1S/C61H40N2S/c1-4-18-41(19-5-1)47-24-12-16-30-58(47)63(46-34-37-53-52-27-13-17-31-59(52)64-60(53)40-46)45-33-36-51-49-26-11-15-29-55(49)61(57(51)39-45)54-28-14-10-25-48(54)50-35-32-44(38-56(50)61)62(42-20-6-2-7-21-42)43-22-8-3-9-23-43/h1-40H/i1D,4D,5D,18D,19D. The maximum Gasteiger partial charge on any atom is 0.0727 e. The molecule has 300 valence electrons. The Morgan fingerprint density at radius 2 is 0.828 bits per heavy atom. The van der Waals surface area contributed by atoms with Gasteiger partial charge in [0.1, 0.15) is 0 Å². The highest BCUT2D eigenvalue weighted by atomic mass is 32.1. The van der Waals surface area contributed by atoms with Crippen LogP contribution in [0.4, 0.5) is 34.1 Å². The van der Waals surface area contributed by atoms with E-state index in [0.29, 0.717) is 11.3 Å². The summed E-state index contributed by atoms with van der Waals surface area (Å²) < 4.78 is 46.5. The number of benzene rings is 10. The summed E-state index contributed by atoms with van der Waals surface area (Å²) in [4.78, 5) is 4.54. The van der Waals surface area contributed by atoms with E-state index in [1.807, 2.05) is 24.3 Å². The highest BCUT2D eigenvalue weighted by Crippen LogP contribution is 2.64. The van der Waals surface area contributed by atoms with Gasteiger partial charge in [0.2, 0.25) is 0 Å². The molecule has 0 bridgehead atoms. The van der Waals surface area contributed by atoms with Crippen LogP contribution in [-0.2, 0) is 5.41 Å². The normalized spacial score (nSPS) is 15.4. The van der Waals surface area contributed by atoms with Gasteiger partial charge in [-0.1, -0.05) is 170 Å². The molecule has 10 aromatic carbocycles. The summed E-state index contributed by atoms with van der Waals surface area (Å²) in [6.45, 7) is 0. The van der Waals surface area contributed by atoms with E-state index in [2.05, 4.69) is 198 Å². The maximum absolute atomic E-state index is 9.18. The molecule has 11 aromatic rings. The van der Waals surface area contributed by atoms with E-state index in [1.165, 1.54) is 43.5 Å². The van der Waals surface area contributed by atoms with Crippen molar-refractivity contribution in [1.82, 2.24) is 0 Å². The second-order valence-corrected chi connectivity index (χ2v) is 17.5. The zero-order chi connectivity index (χ0) is 46.5. The lowest BCUT2D eigenvalue weighted by atomic mass is 9.70. The molecule has 0 aliphatic heterocycles. The number of thiophene rings is 1. The van der Waals surface area contributed by atoms with E-state index in [1.54, 1.807) is 11.3 Å². The van der Waals surface area contributed by atoms with Crippen molar-refractivity contribution in [2.75, 3.05) is 9.80 Å². The lowest BCUT2D eigenvalue weighted by Crippen LogP contribution is -2.26. The Kier molecular flexibility index (Phi) is 7.23. The number of nitrogens with zero attached hydrogens (tertiary/aromatic N) is 2. The van der Waals surface area contributed by atoms with E-state index in [-0.39, 0.29) is 29.7 Å². The first kappa shape index (κ1) is 31.8. The third-order valence-electron chi connectivity index (χ3n) is 13.1. The number of rotatable bonds is 7. The first-order chi connectivity index (χ1) is 33.8. The average molecular weight is 838 g/mol. The molecule has 2 aliphatic rings. The van der Waals surface area contributed by atoms with E-state index in [4.69, 9.17) is 4.11 Å².